The van der Waals surface area contributed by atoms with Crippen molar-refractivity contribution in [2.45, 2.75) is 40.2 Å². The van der Waals surface area contributed by atoms with Crippen LogP contribution in [0.4, 0.5) is 0 Å². The van der Waals surface area contributed by atoms with Gasteiger partial charge in [-0.25, -0.2) is 4.98 Å². The Balaban J connectivity index is 2.54. The molecule has 2 aromatic rings. The number of rotatable bonds is 1. The molecule has 4 nitrogen and oxygen atoms in total. The van der Waals surface area contributed by atoms with E-state index >= 15 is 0 Å². The highest BCUT2D eigenvalue weighted by Gasteiger charge is 2.21. The zero-order valence-electron chi connectivity index (χ0n) is 11.5. The van der Waals surface area contributed by atoms with Gasteiger partial charge in [-0.15, -0.1) is 0 Å². The van der Waals surface area contributed by atoms with E-state index in [9.17, 15) is 4.79 Å². The quantitative estimate of drug-likeness (QED) is 0.839. The lowest BCUT2D eigenvalue weighted by atomic mass is 10.1. The van der Waals surface area contributed by atoms with E-state index in [1.54, 1.807) is 0 Å². The van der Waals surface area contributed by atoms with Crippen molar-refractivity contribution in [2.75, 3.05) is 0 Å². The largest absolute Gasteiger partial charge is 0.346 e. The molecule has 0 saturated carbocycles. The minimum Gasteiger partial charge on any atom is -0.346 e. The number of hydrogen-bond donors (Lipinski definition) is 1. The Morgan fingerprint density at radius 3 is 2.61 bits per heavy atom. The van der Waals surface area contributed by atoms with Gasteiger partial charge in [-0.2, -0.15) is 0 Å². The van der Waals surface area contributed by atoms with E-state index in [4.69, 9.17) is 0 Å². The summed E-state index contributed by atoms with van der Waals surface area (Å²) in [5, 5.41) is 2.97. The molecular weight excluding hydrogens is 226 g/mol. The molecule has 2 rings (SSSR count). The molecule has 1 amide bonds. The first kappa shape index (κ1) is 12.6. The van der Waals surface area contributed by atoms with Gasteiger partial charge in [0, 0.05) is 11.7 Å². The van der Waals surface area contributed by atoms with E-state index in [-0.39, 0.29) is 11.4 Å². The third-order valence-electron chi connectivity index (χ3n) is 2.72. The van der Waals surface area contributed by atoms with Gasteiger partial charge in [0.05, 0.1) is 5.69 Å². The Bertz CT molecular complexity index is 605. The molecule has 0 radical (unpaired) electrons. The Labute approximate surface area is 107 Å². The van der Waals surface area contributed by atoms with Crippen molar-refractivity contribution in [1.29, 1.82) is 0 Å². The predicted molar refractivity (Wildman–Crippen MR) is 71.9 cm³/mol. The first-order chi connectivity index (χ1) is 8.29. The number of carbonyl (C=O) groups is 1. The molecule has 0 spiro atoms. The average Bonchev–Trinajstić information content (AvgIpc) is 2.53. The van der Waals surface area contributed by atoms with Gasteiger partial charge in [0.25, 0.3) is 5.91 Å². The second-order valence-electron chi connectivity index (χ2n) is 5.63. The maximum Gasteiger partial charge on any atom is 0.270 e. The minimum absolute atomic E-state index is 0.0851. The summed E-state index contributed by atoms with van der Waals surface area (Å²) in [5.74, 6) is -0.0851. The van der Waals surface area contributed by atoms with E-state index in [1.165, 1.54) is 0 Å². The van der Waals surface area contributed by atoms with Crippen LogP contribution in [0.3, 0.4) is 0 Å². The van der Waals surface area contributed by atoms with Crippen molar-refractivity contribution in [2.24, 2.45) is 0 Å². The molecule has 2 aromatic heterocycles. The van der Waals surface area contributed by atoms with Crippen LogP contribution in [0.1, 0.15) is 42.5 Å². The topological polar surface area (TPSA) is 46.4 Å². The third kappa shape index (κ3) is 2.23. The number of amides is 1. The van der Waals surface area contributed by atoms with Crippen LogP contribution in [0.25, 0.3) is 5.65 Å². The zero-order valence-corrected chi connectivity index (χ0v) is 11.5. The van der Waals surface area contributed by atoms with Gasteiger partial charge in [-0.05, 0) is 46.2 Å². The fourth-order valence-corrected chi connectivity index (χ4v) is 1.99. The summed E-state index contributed by atoms with van der Waals surface area (Å²) >= 11 is 0. The highest BCUT2D eigenvalue weighted by molar-refractivity contribution is 5.95. The van der Waals surface area contributed by atoms with Gasteiger partial charge < -0.3 is 5.32 Å². The molecule has 0 bridgehead atoms. The molecule has 4 heteroatoms. The van der Waals surface area contributed by atoms with E-state index in [1.807, 2.05) is 57.3 Å². The van der Waals surface area contributed by atoms with Crippen molar-refractivity contribution in [3.63, 3.8) is 0 Å². The third-order valence-corrected chi connectivity index (χ3v) is 2.72. The standard InChI is InChI=1S/C14H19N3O/c1-9-7-6-8-17-11(10(2)15-12(9)17)13(18)16-14(3,4)5/h6-8H,1-5H3,(H,16,18). The second kappa shape index (κ2) is 4.12. The van der Waals surface area contributed by atoms with Crippen molar-refractivity contribution >= 4 is 11.6 Å². The van der Waals surface area contributed by atoms with Gasteiger partial charge in [0.15, 0.2) is 0 Å². The molecule has 96 valence electrons. The van der Waals surface area contributed by atoms with Gasteiger partial charge in [0.2, 0.25) is 0 Å². The number of aryl methyl sites for hydroxylation is 2. The maximum atomic E-state index is 12.3. The molecule has 0 aliphatic heterocycles. The summed E-state index contributed by atoms with van der Waals surface area (Å²) in [6, 6.07) is 3.92. The molecule has 18 heavy (non-hydrogen) atoms. The number of imidazole rings is 1. The lowest BCUT2D eigenvalue weighted by Crippen LogP contribution is -2.41. The molecule has 0 unspecified atom stereocenters. The molecule has 0 aromatic carbocycles. The number of fused-ring (bicyclic) bond motifs is 1. The molecule has 2 heterocycles. The summed E-state index contributed by atoms with van der Waals surface area (Å²) in [5.41, 5.74) is 3.02. The van der Waals surface area contributed by atoms with Crippen molar-refractivity contribution in [3.8, 4) is 0 Å². The summed E-state index contributed by atoms with van der Waals surface area (Å²) in [4.78, 5) is 16.8. The number of pyridine rings is 1. The fourth-order valence-electron chi connectivity index (χ4n) is 1.99. The number of nitrogens with one attached hydrogen (secondary N) is 1. The number of hydrogen-bond acceptors (Lipinski definition) is 2. The molecule has 1 N–H and O–H groups in total. The SMILES string of the molecule is Cc1nc2c(C)cccn2c1C(=O)NC(C)(C)C. The van der Waals surface area contributed by atoms with Crippen LogP contribution in [-0.4, -0.2) is 20.8 Å². The molecule has 0 atom stereocenters. The number of nitrogens with zero attached hydrogens (tertiary/aromatic N) is 2. The molecule has 0 fully saturated rings. The van der Waals surface area contributed by atoms with Crippen LogP contribution < -0.4 is 5.32 Å². The predicted octanol–water partition coefficient (Wildman–Crippen LogP) is 2.48. The normalized spacial score (nSPS) is 11.8. The lowest BCUT2D eigenvalue weighted by molar-refractivity contribution is 0.0913. The van der Waals surface area contributed by atoms with Crippen molar-refractivity contribution < 1.29 is 4.79 Å². The van der Waals surface area contributed by atoms with Crippen LogP contribution in [0.2, 0.25) is 0 Å². The van der Waals surface area contributed by atoms with Crippen LogP contribution in [0, 0.1) is 13.8 Å². The second-order valence-corrected chi connectivity index (χ2v) is 5.63. The molecule has 0 saturated heterocycles. The highest BCUT2D eigenvalue weighted by Crippen LogP contribution is 2.16. The first-order valence-corrected chi connectivity index (χ1v) is 6.06. The van der Waals surface area contributed by atoms with E-state index in [2.05, 4.69) is 10.3 Å². The zero-order chi connectivity index (χ0) is 13.5. The summed E-state index contributed by atoms with van der Waals surface area (Å²) in [6.45, 7) is 9.76. The summed E-state index contributed by atoms with van der Waals surface area (Å²) in [6.07, 6.45) is 1.87. The lowest BCUT2D eigenvalue weighted by Gasteiger charge is -2.20. The van der Waals surface area contributed by atoms with Crippen LogP contribution in [0.15, 0.2) is 18.3 Å². The summed E-state index contributed by atoms with van der Waals surface area (Å²) < 4.78 is 1.85. The molecule has 0 aliphatic carbocycles. The Hall–Kier alpha value is -1.84. The van der Waals surface area contributed by atoms with Gasteiger partial charge in [0.1, 0.15) is 11.3 Å². The van der Waals surface area contributed by atoms with Crippen LogP contribution in [0.5, 0.6) is 0 Å². The van der Waals surface area contributed by atoms with Crippen LogP contribution in [-0.2, 0) is 0 Å². The van der Waals surface area contributed by atoms with Gasteiger partial charge in [-0.3, -0.25) is 9.20 Å². The molecular formula is C14H19N3O. The Kier molecular flexibility index (Phi) is 2.89. The van der Waals surface area contributed by atoms with E-state index in [0.717, 1.165) is 16.9 Å². The van der Waals surface area contributed by atoms with Gasteiger partial charge >= 0.3 is 0 Å². The van der Waals surface area contributed by atoms with Crippen molar-refractivity contribution in [1.82, 2.24) is 14.7 Å². The number of carbonyl (C=O) groups excluding carboxylic acids is 1. The Morgan fingerprint density at radius 1 is 1.33 bits per heavy atom. The fraction of sp³-hybridized carbons (Fsp3) is 0.429. The highest BCUT2D eigenvalue weighted by atomic mass is 16.2. The van der Waals surface area contributed by atoms with Gasteiger partial charge in [-0.1, -0.05) is 6.07 Å². The molecule has 0 aliphatic rings. The van der Waals surface area contributed by atoms with E-state index < -0.39 is 0 Å². The van der Waals surface area contributed by atoms with Crippen molar-refractivity contribution in [3.05, 3.63) is 35.3 Å². The monoisotopic (exact) mass is 245 g/mol. The minimum atomic E-state index is -0.252. The number of aromatic nitrogens is 2. The first-order valence-electron chi connectivity index (χ1n) is 6.06. The smallest absolute Gasteiger partial charge is 0.270 e. The van der Waals surface area contributed by atoms with E-state index in [0.29, 0.717) is 5.69 Å². The summed E-state index contributed by atoms with van der Waals surface area (Å²) in [7, 11) is 0. The average molecular weight is 245 g/mol. The van der Waals surface area contributed by atoms with Crippen LogP contribution >= 0.6 is 0 Å². The maximum absolute atomic E-state index is 12.3. The Morgan fingerprint density at radius 2 is 2.00 bits per heavy atom.